The zero-order valence-corrected chi connectivity index (χ0v) is 7.19. The van der Waals surface area contributed by atoms with Gasteiger partial charge in [0.15, 0.2) is 0 Å². The lowest BCUT2D eigenvalue weighted by molar-refractivity contribution is -0.140. The molecule has 0 spiro atoms. The molecule has 0 aromatic heterocycles. The van der Waals surface area contributed by atoms with E-state index in [9.17, 15) is 4.79 Å². The third kappa shape index (κ3) is 2.46. The third-order valence-corrected chi connectivity index (χ3v) is 2.44. The first kappa shape index (κ1) is 8.46. The molecule has 1 aliphatic rings. The first-order valence-electron chi connectivity index (χ1n) is 3.48. The molecule has 0 radical (unpaired) electrons. The fourth-order valence-electron chi connectivity index (χ4n) is 0.857. The number of methoxy groups -OCH3 is 1. The molecule has 1 N–H and O–H groups in total. The maximum Gasteiger partial charge on any atom is 0.320 e. The molecule has 1 rings (SSSR count). The van der Waals surface area contributed by atoms with E-state index in [0.29, 0.717) is 0 Å². The summed E-state index contributed by atoms with van der Waals surface area (Å²) in [5, 5.41) is -0.0602. The van der Waals surface area contributed by atoms with E-state index >= 15 is 0 Å². The van der Waals surface area contributed by atoms with Crippen LogP contribution in [0.4, 0.5) is 0 Å². The molecule has 4 heteroatoms. The topological polar surface area (TPSA) is 38.3 Å². The summed E-state index contributed by atoms with van der Waals surface area (Å²) in [5.41, 5.74) is 0. The van der Waals surface area contributed by atoms with E-state index in [-0.39, 0.29) is 11.2 Å². The number of ether oxygens (including phenoxy) is 1. The van der Waals surface area contributed by atoms with E-state index in [1.807, 2.05) is 12.3 Å². The van der Waals surface area contributed by atoms with Crippen molar-refractivity contribution in [1.82, 2.24) is 4.72 Å². The summed E-state index contributed by atoms with van der Waals surface area (Å²) < 4.78 is 7.57. The van der Waals surface area contributed by atoms with Crippen LogP contribution in [0.2, 0.25) is 0 Å². The molecule has 0 aliphatic carbocycles. The number of allylic oxidation sites excluding steroid dienone is 1. The highest BCUT2D eigenvalue weighted by atomic mass is 32.2. The molecule has 0 aromatic carbocycles. The Hall–Kier alpha value is -0.640. The third-order valence-electron chi connectivity index (χ3n) is 1.46. The highest BCUT2D eigenvalue weighted by Crippen LogP contribution is 2.17. The van der Waals surface area contributed by atoms with Crippen LogP contribution < -0.4 is 4.72 Å². The van der Waals surface area contributed by atoms with Crippen LogP contribution in [0.1, 0.15) is 12.8 Å². The van der Waals surface area contributed by atoms with Gasteiger partial charge in [0.1, 0.15) is 5.25 Å². The predicted molar refractivity (Wildman–Crippen MR) is 44.9 cm³/mol. The molecule has 1 heterocycles. The van der Waals surface area contributed by atoms with Crippen molar-refractivity contribution in [2.45, 2.75) is 18.1 Å². The number of nitrogens with one attached hydrogen (secondary N) is 1. The van der Waals surface area contributed by atoms with Gasteiger partial charge in [0.05, 0.1) is 7.11 Å². The molecule has 0 amide bonds. The van der Waals surface area contributed by atoms with Crippen LogP contribution in [0.15, 0.2) is 12.3 Å². The SMILES string of the molecule is COC(=O)C1CCC=CNS1. The van der Waals surface area contributed by atoms with Gasteiger partial charge < -0.3 is 9.46 Å². The summed E-state index contributed by atoms with van der Waals surface area (Å²) in [6.07, 6.45) is 5.64. The van der Waals surface area contributed by atoms with E-state index in [1.165, 1.54) is 19.1 Å². The molecule has 1 unspecified atom stereocenters. The van der Waals surface area contributed by atoms with Crippen LogP contribution in [0, 0.1) is 0 Å². The minimum absolute atomic E-state index is 0.0602. The van der Waals surface area contributed by atoms with E-state index in [1.54, 1.807) is 0 Å². The van der Waals surface area contributed by atoms with Crippen molar-refractivity contribution in [3.05, 3.63) is 12.3 Å². The van der Waals surface area contributed by atoms with Gasteiger partial charge in [-0.1, -0.05) is 6.08 Å². The molecule has 0 saturated carbocycles. The Labute approximate surface area is 70.3 Å². The Morgan fingerprint density at radius 1 is 1.82 bits per heavy atom. The molecular formula is C7H11NO2S. The van der Waals surface area contributed by atoms with E-state index in [2.05, 4.69) is 9.46 Å². The van der Waals surface area contributed by atoms with Crippen molar-refractivity contribution in [3.63, 3.8) is 0 Å². The number of esters is 1. The van der Waals surface area contributed by atoms with Gasteiger partial charge >= 0.3 is 5.97 Å². The monoisotopic (exact) mass is 173 g/mol. The van der Waals surface area contributed by atoms with Gasteiger partial charge in [0.25, 0.3) is 0 Å². The molecule has 0 saturated heterocycles. The minimum atomic E-state index is -0.147. The van der Waals surface area contributed by atoms with Crippen molar-refractivity contribution in [2.24, 2.45) is 0 Å². The van der Waals surface area contributed by atoms with Crippen molar-refractivity contribution < 1.29 is 9.53 Å². The molecule has 1 aliphatic heterocycles. The zero-order valence-electron chi connectivity index (χ0n) is 6.37. The fraction of sp³-hybridized carbons (Fsp3) is 0.571. The average Bonchev–Trinajstić information content (AvgIpc) is 2.30. The summed E-state index contributed by atoms with van der Waals surface area (Å²) in [7, 11) is 1.42. The first-order valence-corrected chi connectivity index (χ1v) is 4.36. The zero-order chi connectivity index (χ0) is 8.10. The molecule has 11 heavy (non-hydrogen) atoms. The average molecular weight is 173 g/mol. The normalized spacial score (nSPS) is 23.5. The lowest BCUT2D eigenvalue weighted by atomic mass is 10.2. The van der Waals surface area contributed by atoms with Crippen LogP contribution in [-0.2, 0) is 9.53 Å². The minimum Gasteiger partial charge on any atom is -0.468 e. The maximum absolute atomic E-state index is 11.0. The van der Waals surface area contributed by atoms with E-state index in [4.69, 9.17) is 0 Å². The molecule has 0 fully saturated rings. The van der Waals surface area contributed by atoms with Crippen LogP contribution >= 0.6 is 11.9 Å². The van der Waals surface area contributed by atoms with Crippen molar-refractivity contribution in [3.8, 4) is 0 Å². The summed E-state index contributed by atoms with van der Waals surface area (Å²) >= 11 is 1.41. The molecular weight excluding hydrogens is 162 g/mol. The van der Waals surface area contributed by atoms with Crippen LogP contribution in [-0.4, -0.2) is 18.3 Å². The Balaban J connectivity index is 2.40. The predicted octanol–water partition coefficient (Wildman–Crippen LogP) is 1.07. The Morgan fingerprint density at radius 2 is 2.64 bits per heavy atom. The standard InChI is InChI=1S/C7H11NO2S/c1-10-7(9)6-4-2-3-5-8-11-6/h3,5-6,8H,2,4H2,1H3. The molecule has 0 aromatic rings. The largest absolute Gasteiger partial charge is 0.468 e. The van der Waals surface area contributed by atoms with Gasteiger partial charge in [0.2, 0.25) is 0 Å². The lowest BCUT2D eigenvalue weighted by Gasteiger charge is -2.09. The smallest absolute Gasteiger partial charge is 0.320 e. The molecule has 0 bridgehead atoms. The number of hydrogen-bond donors (Lipinski definition) is 1. The summed E-state index contributed by atoms with van der Waals surface area (Å²) in [6.45, 7) is 0. The number of hydrogen-bond acceptors (Lipinski definition) is 4. The number of carbonyl (C=O) groups is 1. The van der Waals surface area contributed by atoms with E-state index in [0.717, 1.165) is 12.8 Å². The second-order valence-corrected chi connectivity index (χ2v) is 3.27. The Bertz CT molecular complexity index is 160. The molecule has 3 nitrogen and oxygen atoms in total. The Kier molecular flexibility index (Phi) is 3.29. The highest BCUT2D eigenvalue weighted by Gasteiger charge is 2.19. The van der Waals surface area contributed by atoms with Crippen LogP contribution in [0.25, 0.3) is 0 Å². The fourth-order valence-corrected chi connectivity index (χ4v) is 1.64. The second-order valence-electron chi connectivity index (χ2n) is 2.23. The molecule has 1 atom stereocenters. The number of carbonyl (C=O) groups excluding carboxylic acids is 1. The van der Waals surface area contributed by atoms with Crippen molar-refractivity contribution >= 4 is 17.9 Å². The lowest BCUT2D eigenvalue weighted by Crippen LogP contribution is -2.20. The van der Waals surface area contributed by atoms with Crippen molar-refractivity contribution in [2.75, 3.05) is 7.11 Å². The quantitative estimate of drug-likeness (QED) is 0.475. The summed E-state index contributed by atoms with van der Waals surface area (Å²) in [6, 6.07) is 0. The molecule has 62 valence electrons. The summed E-state index contributed by atoms with van der Waals surface area (Å²) in [5.74, 6) is -0.147. The van der Waals surface area contributed by atoms with Gasteiger partial charge in [-0.3, -0.25) is 4.79 Å². The Morgan fingerprint density at radius 3 is 3.36 bits per heavy atom. The van der Waals surface area contributed by atoms with Crippen LogP contribution in [0.3, 0.4) is 0 Å². The first-order chi connectivity index (χ1) is 5.34. The highest BCUT2D eigenvalue weighted by molar-refractivity contribution is 7.98. The van der Waals surface area contributed by atoms with Gasteiger partial charge in [-0.25, -0.2) is 0 Å². The summed E-state index contributed by atoms with van der Waals surface area (Å²) in [4.78, 5) is 11.0. The van der Waals surface area contributed by atoms with Crippen molar-refractivity contribution in [1.29, 1.82) is 0 Å². The number of rotatable bonds is 1. The second kappa shape index (κ2) is 4.28. The van der Waals surface area contributed by atoms with Crippen LogP contribution in [0.5, 0.6) is 0 Å². The van der Waals surface area contributed by atoms with Gasteiger partial charge in [-0.2, -0.15) is 0 Å². The van der Waals surface area contributed by atoms with Gasteiger partial charge in [-0.15, -0.1) is 0 Å². The van der Waals surface area contributed by atoms with Gasteiger partial charge in [0, 0.05) is 6.20 Å². The van der Waals surface area contributed by atoms with E-state index < -0.39 is 0 Å². The van der Waals surface area contributed by atoms with Gasteiger partial charge in [-0.05, 0) is 24.8 Å². The maximum atomic E-state index is 11.0.